The van der Waals surface area contributed by atoms with E-state index in [1.54, 1.807) is 45.0 Å². The van der Waals surface area contributed by atoms with Crippen molar-refractivity contribution in [3.8, 4) is 0 Å². The third-order valence-corrected chi connectivity index (χ3v) is 5.29. The first-order chi connectivity index (χ1) is 16.1. The molecule has 3 aromatic rings. The van der Waals surface area contributed by atoms with Crippen LogP contribution in [0.5, 0.6) is 0 Å². The maximum atomic E-state index is 13.4. The molecular formula is C27H27ClN2O4. The van der Waals surface area contributed by atoms with E-state index in [4.69, 9.17) is 21.3 Å². The fraction of sp³-hybridized carbons (Fsp3) is 0.259. The van der Waals surface area contributed by atoms with Gasteiger partial charge in [-0.25, -0.2) is 4.79 Å². The van der Waals surface area contributed by atoms with Crippen molar-refractivity contribution < 1.29 is 14.5 Å². The lowest BCUT2D eigenvalue weighted by Crippen LogP contribution is -2.37. The van der Waals surface area contributed by atoms with Crippen LogP contribution in [0.2, 0.25) is 5.02 Å². The number of hydrogen-bond donors (Lipinski definition) is 0. The van der Waals surface area contributed by atoms with Crippen molar-refractivity contribution in [2.75, 3.05) is 6.54 Å². The number of carbonyl (C=O) groups excluding carboxylic acids is 1. The number of hydrogen-bond acceptors (Lipinski definition) is 5. The molecule has 0 bridgehead atoms. The fourth-order valence-electron chi connectivity index (χ4n) is 3.57. The molecule has 0 aliphatic rings. The van der Waals surface area contributed by atoms with Crippen LogP contribution in [-0.4, -0.2) is 34.8 Å². The summed E-state index contributed by atoms with van der Waals surface area (Å²) in [6.07, 6.45) is 0. The minimum atomic E-state index is -1.15. The molecule has 3 rings (SSSR count). The van der Waals surface area contributed by atoms with Gasteiger partial charge >= 0.3 is 5.97 Å². The van der Waals surface area contributed by atoms with Gasteiger partial charge in [0.15, 0.2) is 6.04 Å². The lowest BCUT2D eigenvalue weighted by Gasteiger charge is -2.26. The van der Waals surface area contributed by atoms with Crippen LogP contribution in [0.3, 0.4) is 0 Å². The van der Waals surface area contributed by atoms with Crippen LogP contribution in [0, 0.1) is 10.1 Å². The molecule has 0 aromatic heterocycles. The number of carbonyl (C=O) groups is 1. The van der Waals surface area contributed by atoms with E-state index in [9.17, 15) is 14.9 Å². The number of benzene rings is 3. The van der Waals surface area contributed by atoms with E-state index in [2.05, 4.69) is 0 Å². The Labute approximate surface area is 204 Å². The molecule has 0 saturated carbocycles. The zero-order valence-corrected chi connectivity index (χ0v) is 20.1. The van der Waals surface area contributed by atoms with Gasteiger partial charge in [-0.3, -0.25) is 15.1 Å². The van der Waals surface area contributed by atoms with Crippen LogP contribution < -0.4 is 0 Å². The van der Waals surface area contributed by atoms with Crippen molar-refractivity contribution in [1.82, 2.24) is 0 Å². The molecule has 0 amide bonds. The van der Waals surface area contributed by atoms with Crippen molar-refractivity contribution in [3.05, 3.63) is 117 Å². The van der Waals surface area contributed by atoms with Gasteiger partial charge in [0.25, 0.3) is 0 Å². The average molecular weight is 479 g/mol. The summed E-state index contributed by atoms with van der Waals surface area (Å²) in [7, 11) is 0. The molecule has 6 nitrogen and oxygen atoms in total. The van der Waals surface area contributed by atoms with Gasteiger partial charge in [-0.2, -0.15) is 0 Å². The summed E-state index contributed by atoms with van der Waals surface area (Å²) in [6, 6.07) is 24.4. The molecule has 176 valence electrons. The molecule has 0 aliphatic carbocycles. The maximum Gasteiger partial charge on any atom is 0.332 e. The highest BCUT2D eigenvalue weighted by Crippen LogP contribution is 2.28. The number of ether oxygens (including phenoxy) is 1. The van der Waals surface area contributed by atoms with Crippen molar-refractivity contribution in [2.24, 2.45) is 4.99 Å². The molecule has 0 aliphatic heterocycles. The third-order valence-electron chi connectivity index (χ3n) is 5.04. The van der Waals surface area contributed by atoms with E-state index in [0.717, 1.165) is 11.1 Å². The normalized spacial score (nSPS) is 12.9. The lowest BCUT2D eigenvalue weighted by molar-refractivity contribution is -0.483. The first kappa shape index (κ1) is 25.1. The van der Waals surface area contributed by atoms with Gasteiger partial charge < -0.3 is 4.74 Å². The Morgan fingerprint density at radius 2 is 1.44 bits per heavy atom. The van der Waals surface area contributed by atoms with E-state index < -0.39 is 35.0 Å². The van der Waals surface area contributed by atoms with Crippen LogP contribution in [0.15, 0.2) is 89.9 Å². The summed E-state index contributed by atoms with van der Waals surface area (Å²) in [4.78, 5) is 29.5. The summed E-state index contributed by atoms with van der Waals surface area (Å²) in [6.45, 7) is 4.77. The molecule has 0 radical (unpaired) electrons. The van der Waals surface area contributed by atoms with Gasteiger partial charge in [0, 0.05) is 21.1 Å². The molecule has 3 aromatic carbocycles. The van der Waals surface area contributed by atoms with Gasteiger partial charge in [-0.05, 0) is 38.5 Å². The van der Waals surface area contributed by atoms with Crippen molar-refractivity contribution in [1.29, 1.82) is 0 Å². The molecule has 0 saturated heterocycles. The largest absolute Gasteiger partial charge is 0.458 e. The van der Waals surface area contributed by atoms with Crippen molar-refractivity contribution in [2.45, 2.75) is 38.3 Å². The molecule has 0 unspecified atom stereocenters. The Morgan fingerprint density at radius 3 is 1.88 bits per heavy atom. The van der Waals surface area contributed by atoms with Gasteiger partial charge in [-0.1, -0.05) is 84.4 Å². The minimum absolute atomic E-state index is 0.434. The van der Waals surface area contributed by atoms with Gasteiger partial charge in [-0.15, -0.1) is 0 Å². The fourth-order valence-corrected chi connectivity index (χ4v) is 3.70. The molecule has 0 fully saturated rings. The van der Waals surface area contributed by atoms with E-state index in [1.807, 2.05) is 60.7 Å². The monoisotopic (exact) mass is 478 g/mol. The standard InChI is InChI=1S/C27H27ClN2O4/c1-27(2,3)34-26(31)25(23(18-30(32)33)19-14-16-22(28)17-15-19)29-24(20-10-6-4-7-11-20)21-12-8-5-9-13-21/h4-17,23,25H,18H2,1-3H3/t23-,25+/m0/s1. The Kier molecular flexibility index (Phi) is 8.18. The zero-order valence-electron chi connectivity index (χ0n) is 19.4. The Bertz CT molecular complexity index is 1100. The third kappa shape index (κ3) is 6.99. The second kappa shape index (κ2) is 11.1. The van der Waals surface area contributed by atoms with Crippen molar-refractivity contribution in [3.63, 3.8) is 0 Å². The topological polar surface area (TPSA) is 81.8 Å². The van der Waals surface area contributed by atoms with E-state index in [-0.39, 0.29) is 0 Å². The lowest BCUT2D eigenvalue weighted by atomic mass is 9.90. The Hall–Kier alpha value is -3.51. The highest BCUT2D eigenvalue weighted by Gasteiger charge is 2.37. The highest BCUT2D eigenvalue weighted by atomic mass is 35.5. The molecule has 0 spiro atoms. The first-order valence-electron chi connectivity index (χ1n) is 10.9. The molecule has 7 heteroatoms. The quantitative estimate of drug-likeness (QED) is 0.173. The van der Waals surface area contributed by atoms with Gasteiger partial charge in [0.2, 0.25) is 6.54 Å². The summed E-state index contributed by atoms with van der Waals surface area (Å²) >= 11 is 6.04. The summed E-state index contributed by atoms with van der Waals surface area (Å²) in [5, 5.41) is 12.2. The second-order valence-corrected chi connectivity index (χ2v) is 9.30. The predicted octanol–water partition coefficient (Wildman–Crippen LogP) is 5.95. The molecule has 34 heavy (non-hydrogen) atoms. The smallest absolute Gasteiger partial charge is 0.332 e. The van der Waals surface area contributed by atoms with Crippen molar-refractivity contribution >= 4 is 23.3 Å². The number of nitro groups is 1. The SMILES string of the molecule is CC(C)(C)OC(=O)[C@H](N=C(c1ccccc1)c1ccccc1)[C@@H](C[N+](=O)[O-])c1ccc(Cl)cc1. The van der Waals surface area contributed by atoms with Crippen LogP contribution in [0.25, 0.3) is 0 Å². The number of halogens is 1. The van der Waals surface area contributed by atoms with E-state index in [0.29, 0.717) is 16.3 Å². The summed E-state index contributed by atoms with van der Waals surface area (Å²) < 4.78 is 5.69. The summed E-state index contributed by atoms with van der Waals surface area (Å²) in [5.41, 5.74) is 1.93. The maximum absolute atomic E-state index is 13.4. The highest BCUT2D eigenvalue weighted by molar-refractivity contribution is 6.30. The van der Waals surface area contributed by atoms with Crippen LogP contribution >= 0.6 is 11.6 Å². The summed E-state index contributed by atoms with van der Waals surface area (Å²) in [5.74, 6) is -1.48. The predicted molar refractivity (Wildman–Crippen MR) is 134 cm³/mol. The van der Waals surface area contributed by atoms with Crippen LogP contribution in [0.1, 0.15) is 43.4 Å². The van der Waals surface area contributed by atoms with E-state index in [1.165, 1.54) is 0 Å². The number of aliphatic imine (C=N–C) groups is 1. The van der Waals surface area contributed by atoms with Crippen LogP contribution in [-0.2, 0) is 9.53 Å². The number of rotatable bonds is 8. The van der Waals surface area contributed by atoms with Gasteiger partial charge in [0.05, 0.1) is 11.6 Å². The van der Waals surface area contributed by atoms with Crippen LogP contribution in [0.4, 0.5) is 0 Å². The molecule has 0 N–H and O–H groups in total. The first-order valence-corrected chi connectivity index (χ1v) is 11.3. The van der Waals surface area contributed by atoms with Gasteiger partial charge in [0.1, 0.15) is 5.60 Å². The Morgan fingerprint density at radius 1 is 0.941 bits per heavy atom. The zero-order chi connectivity index (χ0) is 24.7. The molecular weight excluding hydrogens is 452 g/mol. The minimum Gasteiger partial charge on any atom is -0.458 e. The molecule has 0 heterocycles. The number of nitrogens with zero attached hydrogens (tertiary/aromatic N) is 2. The Balaban J connectivity index is 2.21. The van der Waals surface area contributed by atoms with E-state index >= 15 is 0 Å². The average Bonchev–Trinajstić information content (AvgIpc) is 2.79. The number of esters is 1. The molecule has 2 atom stereocenters. The second-order valence-electron chi connectivity index (χ2n) is 8.86.